The molecule has 0 amide bonds. The topological polar surface area (TPSA) is 20.2 Å². The van der Waals surface area contributed by atoms with E-state index in [1.807, 2.05) is 12.1 Å². The lowest BCUT2D eigenvalue weighted by Gasteiger charge is -2.11. The maximum absolute atomic E-state index is 9.81. The van der Waals surface area contributed by atoms with Crippen LogP contribution in [0.1, 0.15) is 43.7 Å². The lowest BCUT2D eigenvalue weighted by molar-refractivity contribution is 0.474. The number of phenolic OH excluding ortho intramolecular Hbond substituents is 1. The van der Waals surface area contributed by atoms with Gasteiger partial charge in [0, 0.05) is 0 Å². The van der Waals surface area contributed by atoms with E-state index in [1.54, 1.807) is 6.07 Å². The molecule has 2 aromatic carbocycles. The van der Waals surface area contributed by atoms with Crippen LogP contribution in [0.3, 0.4) is 0 Å². The van der Waals surface area contributed by atoms with Crippen molar-refractivity contribution in [3.63, 3.8) is 0 Å². The molecule has 1 N–H and O–H groups in total. The Hall–Kier alpha value is -0.963. The van der Waals surface area contributed by atoms with Crippen molar-refractivity contribution in [3.05, 3.63) is 53.6 Å². The molecule has 0 bridgehead atoms. The minimum absolute atomic E-state index is 0.315. The van der Waals surface area contributed by atoms with Crippen molar-refractivity contribution in [2.45, 2.75) is 51.5 Å². The van der Waals surface area contributed by atoms with E-state index < -0.39 is 7.42 Å². The summed E-state index contributed by atoms with van der Waals surface area (Å²) in [4.78, 5) is 0. The van der Waals surface area contributed by atoms with Gasteiger partial charge in [-0.1, -0.05) is 50.1 Å². The highest BCUT2D eigenvalue weighted by Gasteiger charge is 2.09. The lowest BCUT2D eigenvalue weighted by atomic mass is 9.95. The zero-order valence-electron chi connectivity index (χ0n) is 14.3. The number of aryl methyl sites for hydroxylation is 2. The Bertz CT molecular complexity index is 626. The van der Waals surface area contributed by atoms with Crippen LogP contribution in [0, 0.1) is 0 Å². The van der Waals surface area contributed by atoms with Gasteiger partial charge in [0.2, 0.25) is 7.42 Å². The first kappa shape index (κ1) is 19.4. The van der Waals surface area contributed by atoms with E-state index in [-0.39, 0.29) is 0 Å². The van der Waals surface area contributed by atoms with E-state index in [1.165, 1.54) is 36.0 Å². The Morgan fingerprint density at radius 2 is 1.67 bits per heavy atom. The largest absolute Gasteiger partial charge is 0.508 e. The first-order valence-electron chi connectivity index (χ1n) is 8.79. The van der Waals surface area contributed by atoms with Crippen molar-refractivity contribution < 1.29 is 5.11 Å². The summed E-state index contributed by atoms with van der Waals surface area (Å²) in [6.07, 6.45) is 6.80. The van der Waals surface area contributed by atoms with E-state index in [0.717, 1.165) is 30.9 Å². The fraction of sp³-hybridized carbons (Fsp3) is 0.400. The van der Waals surface area contributed by atoms with Gasteiger partial charge in [-0.25, -0.2) is 0 Å². The summed E-state index contributed by atoms with van der Waals surface area (Å²) in [5.74, 6) is 0.315. The van der Waals surface area contributed by atoms with Crippen molar-refractivity contribution in [2.75, 3.05) is 0 Å². The molecule has 0 saturated heterocycles. The Morgan fingerprint density at radius 1 is 0.917 bits per heavy atom. The number of rotatable bonds is 9. The van der Waals surface area contributed by atoms with Crippen molar-refractivity contribution in [2.24, 2.45) is 0 Å². The Labute approximate surface area is 156 Å². The van der Waals surface area contributed by atoms with Crippen LogP contribution < -0.4 is 0 Å². The van der Waals surface area contributed by atoms with Crippen molar-refractivity contribution in [1.29, 1.82) is 0 Å². The van der Waals surface area contributed by atoms with Gasteiger partial charge in [-0.3, -0.25) is 0 Å². The van der Waals surface area contributed by atoms with E-state index in [0.29, 0.717) is 5.75 Å². The molecule has 0 heterocycles. The van der Waals surface area contributed by atoms with E-state index >= 15 is 0 Å². The Balaban J connectivity index is 2.12. The lowest BCUT2D eigenvalue weighted by Crippen LogP contribution is -1.96. The molecule has 2 rings (SSSR count). The van der Waals surface area contributed by atoms with Crippen LogP contribution in [0.5, 0.6) is 5.75 Å². The number of benzene rings is 2. The highest BCUT2D eigenvalue weighted by atomic mass is 35.7. The van der Waals surface area contributed by atoms with Crippen molar-refractivity contribution >= 4 is 29.6 Å². The molecule has 0 spiro atoms. The van der Waals surface area contributed by atoms with Crippen LogP contribution in [0.2, 0.25) is 6.04 Å². The minimum atomic E-state index is -1.55. The van der Waals surface area contributed by atoms with Crippen LogP contribution in [0.4, 0.5) is 0 Å². The maximum Gasteiger partial charge on any atom is 0.237 e. The predicted octanol–water partition coefficient (Wildman–Crippen LogP) is 6.42. The van der Waals surface area contributed by atoms with Crippen LogP contribution in [0.25, 0.3) is 11.1 Å². The third kappa shape index (κ3) is 6.16. The number of hydrogen-bond acceptors (Lipinski definition) is 1. The number of unbranched alkanes of at least 4 members (excludes halogenated alkanes) is 2. The van der Waals surface area contributed by atoms with Crippen LogP contribution >= 0.6 is 22.2 Å². The fourth-order valence-electron chi connectivity index (χ4n) is 2.95. The normalized spacial score (nSPS) is 11.2. The van der Waals surface area contributed by atoms with Gasteiger partial charge in [-0.2, -0.15) is 22.2 Å². The van der Waals surface area contributed by atoms with Crippen molar-refractivity contribution in [3.8, 4) is 16.9 Å². The molecule has 24 heavy (non-hydrogen) atoms. The maximum atomic E-state index is 9.81. The predicted molar refractivity (Wildman–Crippen MR) is 109 cm³/mol. The molecule has 0 aliphatic rings. The van der Waals surface area contributed by atoms with E-state index in [4.69, 9.17) is 22.2 Å². The molecule has 0 radical (unpaired) electrons. The molecule has 0 aliphatic heterocycles. The second-order valence-electron chi connectivity index (χ2n) is 6.28. The molecule has 130 valence electrons. The Kier molecular flexibility index (Phi) is 8.17. The first-order chi connectivity index (χ1) is 11.6. The smallest absolute Gasteiger partial charge is 0.237 e. The van der Waals surface area contributed by atoms with Gasteiger partial charge in [0.1, 0.15) is 5.75 Å². The van der Waals surface area contributed by atoms with Gasteiger partial charge in [0.15, 0.2) is 0 Å². The van der Waals surface area contributed by atoms with Gasteiger partial charge in [-0.15, -0.1) is 0 Å². The summed E-state index contributed by atoms with van der Waals surface area (Å²) in [5, 5.41) is 9.81. The third-order valence-corrected chi connectivity index (χ3v) is 6.45. The number of hydrogen-bond donors (Lipinski definition) is 1. The quantitative estimate of drug-likeness (QED) is 0.302. The molecule has 0 aromatic heterocycles. The SMILES string of the molecule is CCCCCc1ccc(-c2ccc(O)cc2CCC[SiH](Cl)Cl)cc1. The average Bonchev–Trinajstić information content (AvgIpc) is 2.56. The molecule has 0 saturated carbocycles. The van der Waals surface area contributed by atoms with Crippen molar-refractivity contribution in [1.82, 2.24) is 0 Å². The molecule has 2 aromatic rings. The third-order valence-electron chi connectivity index (χ3n) is 4.29. The van der Waals surface area contributed by atoms with Gasteiger partial charge in [0.25, 0.3) is 0 Å². The highest BCUT2D eigenvalue weighted by Crippen LogP contribution is 2.29. The van der Waals surface area contributed by atoms with Crippen LogP contribution in [-0.2, 0) is 12.8 Å². The van der Waals surface area contributed by atoms with Gasteiger partial charge >= 0.3 is 0 Å². The van der Waals surface area contributed by atoms with E-state index in [2.05, 4.69) is 31.2 Å². The number of phenols is 1. The molecule has 0 aliphatic carbocycles. The zero-order chi connectivity index (χ0) is 17.4. The average molecular weight is 381 g/mol. The molecule has 0 unspecified atom stereocenters. The zero-order valence-corrected chi connectivity index (χ0v) is 16.9. The molecule has 4 heteroatoms. The summed E-state index contributed by atoms with van der Waals surface area (Å²) in [5.41, 5.74) is 4.95. The number of halogens is 2. The monoisotopic (exact) mass is 380 g/mol. The standard InChI is InChI=1S/C20H26Cl2OSi/c1-2-3-4-6-16-8-10-17(11-9-16)20-13-12-19(23)15-18(20)7-5-14-24(21)22/h8-13,15,23-24H,2-7,14H2,1H3. The highest BCUT2D eigenvalue weighted by molar-refractivity contribution is 7.33. The van der Waals surface area contributed by atoms with E-state index in [9.17, 15) is 5.11 Å². The second-order valence-corrected chi connectivity index (χ2v) is 11.5. The molecule has 0 fully saturated rings. The number of aromatic hydroxyl groups is 1. The van der Waals surface area contributed by atoms with Gasteiger partial charge in [0.05, 0.1) is 0 Å². The first-order valence-corrected chi connectivity index (χ1v) is 13.1. The summed E-state index contributed by atoms with van der Waals surface area (Å²) >= 11 is 11.9. The molecular weight excluding hydrogens is 355 g/mol. The van der Waals surface area contributed by atoms with Crippen LogP contribution in [-0.4, -0.2) is 12.5 Å². The summed E-state index contributed by atoms with van der Waals surface area (Å²) in [7, 11) is -1.55. The van der Waals surface area contributed by atoms with Gasteiger partial charge in [-0.05, 0) is 66.1 Å². The molecule has 1 nitrogen and oxygen atoms in total. The fourth-order valence-corrected chi connectivity index (χ4v) is 4.38. The second kappa shape index (κ2) is 10.1. The van der Waals surface area contributed by atoms with Gasteiger partial charge < -0.3 is 5.11 Å². The molecule has 0 atom stereocenters. The summed E-state index contributed by atoms with van der Waals surface area (Å²) < 4.78 is 0. The summed E-state index contributed by atoms with van der Waals surface area (Å²) in [6, 6.07) is 15.4. The minimum Gasteiger partial charge on any atom is -0.508 e. The summed E-state index contributed by atoms with van der Waals surface area (Å²) in [6.45, 7) is 2.23. The van der Waals surface area contributed by atoms with Crippen LogP contribution in [0.15, 0.2) is 42.5 Å². The Morgan fingerprint density at radius 3 is 2.33 bits per heavy atom. The molecular formula is C20H26Cl2OSi.